The molecule has 0 radical (unpaired) electrons. The van der Waals surface area contributed by atoms with Gasteiger partial charge in [0.05, 0.1) is 11.4 Å². The minimum absolute atomic E-state index is 0.0833. The Morgan fingerprint density at radius 1 is 0.595 bits per heavy atom. The molecule has 1 N–H and O–H groups in total. The van der Waals surface area contributed by atoms with Crippen LogP contribution in [0.2, 0.25) is 0 Å². The van der Waals surface area contributed by atoms with E-state index < -0.39 is 11.8 Å². The van der Waals surface area contributed by atoms with E-state index in [-0.39, 0.29) is 5.76 Å². The third-order valence-electron chi connectivity index (χ3n) is 5.74. The summed E-state index contributed by atoms with van der Waals surface area (Å²) in [6, 6.07) is 41.3. The van der Waals surface area contributed by atoms with Crippen molar-refractivity contribution in [1.29, 1.82) is 0 Å². The molecule has 0 aliphatic heterocycles. The number of carbonyl (C=O) groups is 2. The number of hydrogen-bond donors (Lipinski definition) is 1. The van der Waals surface area contributed by atoms with E-state index in [4.69, 9.17) is 5.11 Å². The fraction of sp³-hybridized carbons (Fsp3) is 0.0556. The Hall–Kier alpha value is -5.62. The van der Waals surface area contributed by atoms with Crippen molar-refractivity contribution in [2.75, 3.05) is 0 Å². The van der Waals surface area contributed by atoms with Crippen molar-refractivity contribution < 1.29 is 19.8 Å². The van der Waals surface area contributed by atoms with Crippen molar-refractivity contribution in [1.82, 2.24) is 9.97 Å². The maximum Gasteiger partial charge on any atom is 0.371 e. The first-order valence-corrected chi connectivity index (χ1v) is 13.1. The number of rotatable bonds is 3. The van der Waals surface area contributed by atoms with Gasteiger partial charge in [-0.05, 0) is 22.9 Å². The van der Waals surface area contributed by atoms with Gasteiger partial charge in [0.2, 0.25) is 5.78 Å². The highest BCUT2D eigenvalue weighted by molar-refractivity contribution is 6.31. The van der Waals surface area contributed by atoms with Gasteiger partial charge in [-0.15, -0.1) is 12.3 Å². The maximum atomic E-state index is 9.54. The van der Waals surface area contributed by atoms with Gasteiger partial charge in [0.1, 0.15) is 0 Å². The smallest absolute Gasteiger partial charge is 0.371 e. The predicted octanol–water partition coefficient (Wildman–Crippen LogP) is 7.34. The molecule has 0 aliphatic rings. The molecule has 0 saturated carbocycles. The molecule has 2 heterocycles. The van der Waals surface area contributed by atoms with E-state index in [1.165, 1.54) is 39.6 Å². The van der Waals surface area contributed by atoms with E-state index in [2.05, 4.69) is 89.3 Å². The molecule has 0 atom stereocenters. The molecular formula is C36H31N2O4-. The van der Waals surface area contributed by atoms with Crippen molar-refractivity contribution in [2.45, 2.75) is 13.8 Å². The van der Waals surface area contributed by atoms with Crippen molar-refractivity contribution in [2.24, 2.45) is 0 Å². The SMILES string of the molecule is C=C(C)[O-].CC(=O)C(=O)O.c1ccc(-c2nccc3ccccc23)cc1.c1ccc(-c2nccc3ccccc23)cc1. The van der Waals surface area contributed by atoms with Crippen LogP contribution >= 0.6 is 0 Å². The van der Waals surface area contributed by atoms with Crippen LogP contribution in [-0.2, 0) is 9.59 Å². The molecule has 6 heteroatoms. The third-order valence-corrected chi connectivity index (χ3v) is 5.74. The average molecular weight is 556 g/mol. The van der Waals surface area contributed by atoms with Gasteiger partial charge in [0.25, 0.3) is 0 Å². The van der Waals surface area contributed by atoms with Crippen LogP contribution in [-0.4, -0.2) is 26.8 Å². The fourth-order valence-corrected chi connectivity index (χ4v) is 3.89. The van der Waals surface area contributed by atoms with Gasteiger partial charge in [-0.3, -0.25) is 14.8 Å². The number of ketones is 1. The van der Waals surface area contributed by atoms with Crippen LogP contribution < -0.4 is 5.11 Å². The lowest BCUT2D eigenvalue weighted by Crippen LogP contribution is -2.05. The quantitative estimate of drug-likeness (QED) is 0.181. The second-order valence-electron chi connectivity index (χ2n) is 9.06. The number of pyridine rings is 2. The topological polar surface area (TPSA) is 103 Å². The van der Waals surface area contributed by atoms with Crippen LogP contribution in [0, 0.1) is 0 Å². The summed E-state index contributed by atoms with van der Waals surface area (Å²) >= 11 is 0. The Morgan fingerprint density at radius 3 is 1.24 bits per heavy atom. The molecule has 0 spiro atoms. The number of nitrogens with zero attached hydrogens (tertiary/aromatic N) is 2. The first kappa shape index (κ1) is 30.9. The largest absolute Gasteiger partial charge is 0.876 e. The lowest BCUT2D eigenvalue weighted by Gasteiger charge is -2.04. The van der Waals surface area contributed by atoms with Gasteiger partial charge in [0.15, 0.2) is 0 Å². The van der Waals surface area contributed by atoms with E-state index in [1.54, 1.807) is 0 Å². The summed E-state index contributed by atoms with van der Waals surface area (Å²) in [5.74, 6) is -2.29. The van der Waals surface area contributed by atoms with E-state index in [0.717, 1.165) is 18.3 Å². The van der Waals surface area contributed by atoms with Crippen LogP contribution in [0.3, 0.4) is 0 Å². The summed E-state index contributed by atoms with van der Waals surface area (Å²) in [6.45, 7) is 5.42. The molecule has 0 fully saturated rings. The monoisotopic (exact) mass is 555 g/mol. The molecule has 4 aromatic carbocycles. The molecule has 0 amide bonds. The van der Waals surface area contributed by atoms with Gasteiger partial charge >= 0.3 is 5.97 Å². The lowest BCUT2D eigenvalue weighted by atomic mass is 10.0. The number of hydrogen-bond acceptors (Lipinski definition) is 5. The van der Waals surface area contributed by atoms with Gasteiger partial charge < -0.3 is 10.2 Å². The van der Waals surface area contributed by atoms with Crippen LogP contribution in [0.15, 0.2) is 146 Å². The maximum absolute atomic E-state index is 9.54. The molecule has 0 bridgehead atoms. The normalized spacial score (nSPS) is 9.67. The zero-order valence-electron chi connectivity index (χ0n) is 23.5. The Bertz CT molecular complexity index is 1630. The standard InChI is InChI=1S/2C15H11N.C3H4O3.C3H6O/c2*1-2-7-13(8-3-1)15-14-9-5-4-6-12(14)10-11-16-15;1-2(4)3(5)6;1-3(2)4/h2*1-11H;1H3,(H,5,6);4H,1H2,2H3/p-1. The minimum atomic E-state index is -1.38. The molecule has 6 aromatic rings. The Balaban J connectivity index is 0.000000176. The minimum Gasteiger partial charge on any atom is -0.876 e. The first-order chi connectivity index (χ1) is 20.3. The second kappa shape index (κ2) is 15.8. The number of allylic oxidation sites excluding steroid dienone is 1. The number of fused-ring (bicyclic) bond motifs is 2. The molecule has 2 aromatic heterocycles. The fourth-order valence-electron chi connectivity index (χ4n) is 3.89. The number of carboxylic acid groups (broad SMARTS) is 1. The molecule has 210 valence electrons. The molecule has 0 aliphatic carbocycles. The molecule has 6 nitrogen and oxygen atoms in total. The zero-order valence-corrected chi connectivity index (χ0v) is 23.5. The summed E-state index contributed by atoms with van der Waals surface area (Å²) in [5, 5.41) is 21.8. The Kier molecular flexibility index (Phi) is 11.7. The van der Waals surface area contributed by atoms with E-state index in [1.807, 2.05) is 60.9 Å². The zero-order chi connectivity index (χ0) is 30.3. The number of Topliss-reactive ketones (excluding diaryl/α,β-unsaturated/α-hetero) is 1. The van der Waals surface area contributed by atoms with E-state index >= 15 is 0 Å². The average Bonchev–Trinajstić information content (AvgIpc) is 3.02. The molecule has 0 unspecified atom stereocenters. The summed E-state index contributed by atoms with van der Waals surface area (Å²) in [7, 11) is 0. The number of carbonyl (C=O) groups excluding carboxylic acids is 1. The van der Waals surface area contributed by atoms with Gasteiger partial charge in [-0.1, -0.05) is 116 Å². The predicted molar refractivity (Wildman–Crippen MR) is 167 cm³/mol. The third kappa shape index (κ3) is 9.24. The number of benzene rings is 4. The van der Waals surface area contributed by atoms with Gasteiger partial charge in [-0.25, -0.2) is 4.79 Å². The molecule has 42 heavy (non-hydrogen) atoms. The first-order valence-electron chi connectivity index (χ1n) is 13.1. The number of carboxylic acids is 1. The summed E-state index contributed by atoms with van der Waals surface area (Å²) in [4.78, 5) is 27.8. The molecular weight excluding hydrogens is 524 g/mol. The summed E-state index contributed by atoms with van der Waals surface area (Å²) < 4.78 is 0. The van der Waals surface area contributed by atoms with Gasteiger partial charge in [0, 0.05) is 41.2 Å². The van der Waals surface area contributed by atoms with Crippen LogP contribution in [0.4, 0.5) is 0 Å². The Morgan fingerprint density at radius 2 is 0.905 bits per heavy atom. The molecule has 6 rings (SSSR count). The lowest BCUT2D eigenvalue weighted by molar-refractivity contribution is -0.300. The summed E-state index contributed by atoms with van der Waals surface area (Å²) in [6.07, 6.45) is 3.73. The Labute approximate surface area is 245 Å². The van der Waals surface area contributed by atoms with Crippen molar-refractivity contribution in [3.05, 3.63) is 146 Å². The van der Waals surface area contributed by atoms with E-state index in [0.29, 0.717) is 0 Å². The van der Waals surface area contributed by atoms with Crippen molar-refractivity contribution >= 4 is 33.3 Å². The van der Waals surface area contributed by atoms with Crippen molar-refractivity contribution in [3.63, 3.8) is 0 Å². The highest BCUT2D eigenvalue weighted by Gasteiger charge is 2.04. The number of aliphatic carboxylic acids is 1. The van der Waals surface area contributed by atoms with Gasteiger partial charge in [-0.2, -0.15) is 0 Å². The van der Waals surface area contributed by atoms with Crippen molar-refractivity contribution in [3.8, 4) is 22.5 Å². The highest BCUT2D eigenvalue weighted by Crippen LogP contribution is 2.26. The number of aromatic nitrogens is 2. The van der Waals surface area contributed by atoms with Crippen LogP contribution in [0.25, 0.3) is 44.1 Å². The second-order valence-corrected chi connectivity index (χ2v) is 9.06. The highest BCUT2D eigenvalue weighted by atomic mass is 16.4. The van der Waals surface area contributed by atoms with E-state index in [9.17, 15) is 14.7 Å². The summed E-state index contributed by atoms with van der Waals surface area (Å²) in [5.41, 5.74) is 4.44. The van der Waals surface area contributed by atoms with Crippen LogP contribution in [0.1, 0.15) is 13.8 Å². The molecule has 0 saturated heterocycles. The van der Waals surface area contributed by atoms with Crippen LogP contribution in [0.5, 0.6) is 0 Å².